The van der Waals surface area contributed by atoms with E-state index in [0.717, 1.165) is 17.7 Å². The lowest BCUT2D eigenvalue weighted by Crippen LogP contribution is -2.39. The quantitative estimate of drug-likeness (QED) is 0.840. The van der Waals surface area contributed by atoms with E-state index in [9.17, 15) is 9.59 Å². The fourth-order valence-corrected chi connectivity index (χ4v) is 2.81. The zero-order valence-electron chi connectivity index (χ0n) is 12.1. The first-order valence-corrected chi connectivity index (χ1v) is 7.95. The van der Waals surface area contributed by atoms with Gasteiger partial charge in [-0.1, -0.05) is 19.1 Å². The first-order valence-electron chi connectivity index (χ1n) is 6.56. The predicted molar refractivity (Wildman–Crippen MR) is 82.3 cm³/mol. The molecule has 0 heterocycles. The Labute approximate surface area is 124 Å². The van der Waals surface area contributed by atoms with Crippen LogP contribution in [0.25, 0.3) is 0 Å². The second-order valence-corrected chi connectivity index (χ2v) is 5.61. The zero-order chi connectivity index (χ0) is 15.1. The molecule has 1 rings (SSSR count). The van der Waals surface area contributed by atoms with Gasteiger partial charge in [0, 0.05) is 18.8 Å². The first kappa shape index (κ1) is 16.6. The second-order valence-electron chi connectivity index (χ2n) is 4.70. The summed E-state index contributed by atoms with van der Waals surface area (Å²) in [5, 5.41) is 8.83. The van der Waals surface area contributed by atoms with Crippen LogP contribution in [0.3, 0.4) is 0 Å². The Kier molecular flexibility index (Phi) is 6.58. The van der Waals surface area contributed by atoms with Crippen LogP contribution in [0.4, 0.5) is 0 Å². The number of carbonyl (C=O) groups is 2. The lowest BCUT2D eigenvalue weighted by molar-refractivity contribution is -0.130. The van der Waals surface area contributed by atoms with Crippen LogP contribution in [-0.4, -0.2) is 47.0 Å². The van der Waals surface area contributed by atoms with E-state index >= 15 is 0 Å². The lowest BCUT2D eigenvalue weighted by Gasteiger charge is -2.26. The summed E-state index contributed by atoms with van der Waals surface area (Å²) < 4.78 is 0. The predicted octanol–water partition coefficient (Wildman–Crippen LogP) is 2.53. The molecule has 0 spiro atoms. The molecule has 0 aliphatic rings. The molecule has 110 valence electrons. The maximum atomic E-state index is 12.2. The monoisotopic (exact) mass is 295 g/mol. The number of rotatable bonds is 7. The lowest BCUT2D eigenvalue weighted by atomic mass is 10.1. The molecule has 0 saturated heterocycles. The third-order valence-electron chi connectivity index (χ3n) is 3.33. The molecule has 0 bridgehead atoms. The second kappa shape index (κ2) is 7.94. The third-order valence-corrected chi connectivity index (χ3v) is 4.05. The Morgan fingerprint density at radius 3 is 2.35 bits per heavy atom. The van der Waals surface area contributed by atoms with Crippen molar-refractivity contribution in [3.63, 3.8) is 0 Å². The molecule has 5 heteroatoms. The Morgan fingerprint density at radius 1 is 1.30 bits per heavy atom. The van der Waals surface area contributed by atoms with E-state index in [1.54, 1.807) is 28.8 Å². The number of thioether (sulfide) groups is 1. The Morgan fingerprint density at radius 2 is 1.90 bits per heavy atom. The molecule has 20 heavy (non-hydrogen) atoms. The molecule has 0 aromatic heterocycles. The van der Waals surface area contributed by atoms with Crippen molar-refractivity contribution in [1.29, 1.82) is 0 Å². The first-order chi connectivity index (χ1) is 9.49. The summed E-state index contributed by atoms with van der Waals surface area (Å²) in [6, 6.07) is 6.71. The largest absolute Gasteiger partial charge is 0.478 e. The van der Waals surface area contributed by atoms with Crippen LogP contribution in [0.15, 0.2) is 24.3 Å². The maximum absolute atomic E-state index is 12.2. The number of carboxylic acid groups (broad SMARTS) is 1. The van der Waals surface area contributed by atoms with Gasteiger partial charge in [0.15, 0.2) is 0 Å². The van der Waals surface area contributed by atoms with Gasteiger partial charge in [0.05, 0.1) is 12.0 Å². The van der Waals surface area contributed by atoms with E-state index in [1.807, 2.05) is 13.3 Å². The summed E-state index contributed by atoms with van der Waals surface area (Å²) in [5.41, 5.74) is 1.08. The number of benzene rings is 1. The van der Waals surface area contributed by atoms with Crippen LogP contribution < -0.4 is 0 Å². The molecule has 0 aliphatic heterocycles. The summed E-state index contributed by atoms with van der Waals surface area (Å²) in [6.45, 7) is 2.08. The van der Waals surface area contributed by atoms with E-state index in [0.29, 0.717) is 6.42 Å². The summed E-state index contributed by atoms with van der Waals surface area (Å²) in [4.78, 5) is 24.8. The Balaban J connectivity index is 2.67. The van der Waals surface area contributed by atoms with Crippen molar-refractivity contribution in [2.24, 2.45) is 0 Å². The Hall–Kier alpha value is -1.49. The van der Waals surface area contributed by atoms with E-state index in [-0.39, 0.29) is 17.5 Å². The van der Waals surface area contributed by atoms with Gasteiger partial charge in [0.1, 0.15) is 0 Å². The number of hydrogen-bond acceptors (Lipinski definition) is 3. The fourth-order valence-electron chi connectivity index (χ4n) is 1.96. The summed E-state index contributed by atoms with van der Waals surface area (Å²) >= 11 is 1.73. The molecule has 0 aliphatic carbocycles. The van der Waals surface area contributed by atoms with Crippen molar-refractivity contribution in [1.82, 2.24) is 4.90 Å². The van der Waals surface area contributed by atoms with Gasteiger partial charge in [-0.3, -0.25) is 4.79 Å². The fraction of sp³-hybridized carbons (Fsp3) is 0.467. The number of nitrogens with zero attached hydrogens (tertiary/aromatic N) is 1. The highest BCUT2D eigenvalue weighted by molar-refractivity contribution is 7.98. The standard InChI is InChI=1S/C15H21NO3S/c1-4-13(10-20-3)16(2)14(17)9-11-5-7-12(8-6-11)15(18)19/h5-8,13H,4,9-10H2,1-3H3,(H,18,19). The molecule has 1 atom stereocenters. The van der Waals surface area contributed by atoms with Crippen molar-refractivity contribution >= 4 is 23.6 Å². The van der Waals surface area contributed by atoms with Gasteiger partial charge in [-0.05, 0) is 30.4 Å². The highest BCUT2D eigenvalue weighted by atomic mass is 32.2. The zero-order valence-corrected chi connectivity index (χ0v) is 12.9. The van der Waals surface area contributed by atoms with Crippen LogP contribution in [0, 0.1) is 0 Å². The van der Waals surface area contributed by atoms with Crippen LogP contribution in [0.5, 0.6) is 0 Å². The summed E-state index contributed by atoms with van der Waals surface area (Å²) in [6.07, 6.45) is 3.27. The molecular weight excluding hydrogens is 274 g/mol. The molecule has 1 unspecified atom stereocenters. The minimum Gasteiger partial charge on any atom is -0.478 e. The van der Waals surface area contributed by atoms with Gasteiger partial charge in [-0.15, -0.1) is 0 Å². The molecule has 0 radical (unpaired) electrons. The molecule has 4 nitrogen and oxygen atoms in total. The normalized spacial score (nSPS) is 11.9. The van der Waals surface area contributed by atoms with Crippen LogP contribution in [0.2, 0.25) is 0 Å². The summed E-state index contributed by atoms with van der Waals surface area (Å²) in [7, 11) is 1.83. The van der Waals surface area contributed by atoms with E-state index in [2.05, 4.69) is 6.92 Å². The van der Waals surface area contributed by atoms with Gasteiger partial charge < -0.3 is 10.0 Å². The number of amides is 1. The molecule has 1 N–H and O–H groups in total. The van der Waals surface area contributed by atoms with Gasteiger partial charge >= 0.3 is 5.97 Å². The van der Waals surface area contributed by atoms with Crippen LogP contribution in [0.1, 0.15) is 29.3 Å². The third kappa shape index (κ3) is 4.56. The van der Waals surface area contributed by atoms with Gasteiger partial charge in [-0.2, -0.15) is 11.8 Å². The average Bonchev–Trinajstić information content (AvgIpc) is 2.44. The minimum absolute atomic E-state index is 0.0639. The minimum atomic E-state index is -0.953. The molecule has 1 amide bonds. The molecular formula is C15H21NO3S. The van der Waals surface area contributed by atoms with E-state index < -0.39 is 5.97 Å². The summed E-state index contributed by atoms with van der Waals surface area (Å²) in [5.74, 6) is 0.0384. The van der Waals surface area contributed by atoms with Gasteiger partial charge in [-0.25, -0.2) is 4.79 Å². The average molecular weight is 295 g/mol. The Bertz CT molecular complexity index is 459. The van der Waals surface area contributed by atoms with Crippen molar-refractivity contribution in [2.75, 3.05) is 19.1 Å². The van der Waals surface area contributed by atoms with Crippen molar-refractivity contribution in [2.45, 2.75) is 25.8 Å². The SMILES string of the molecule is CCC(CSC)N(C)C(=O)Cc1ccc(C(=O)O)cc1. The smallest absolute Gasteiger partial charge is 0.335 e. The number of likely N-dealkylation sites (N-methyl/N-ethyl adjacent to an activating group) is 1. The van der Waals surface area contributed by atoms with Crippen LogP contribution >= 0.6 is 11.8 Å². The molecule has 0 saturated carbocycles. The molecule has 0 fully saturated rings. The molecule has 1 aromatic rings. The van der Waals surface area contributed by atoms with Crippen LogP contribution in [-0.2, 0) is 11.2 Å². The number of hydrogen-bond donors (Lipinski definition) is 1. The topological polar surface area (TPSA) is 57.6 Å². The van der Waals surface area contributed by atoms with Crippen molar-refractivity contribution in [3.05, 3.63) is 35.4 Å². The number of aromatic carboxylic acids is 1. The highest BCUT2D eigenvalue weighted by Crippen LogP contribution is 2.12. The van der Waals surface area contributed by atoms with E-state index in [1.165, 1.54) is 12.1 Å². The highest BCUT2D eigenvalue weighted by Gasteiger charge is 2.18. The number of carbonyl (C=O) groups excluding carboxylic acids is 1. The van der Waals surface area contributed by atoms with Crippen molar-refractivity contribution in [3.8, 4) is 0 Å². The van der Waals surface area contributed by atoms with E-state index in [4.69, 9.17) is 5.11 Å². The maximum Gasteiger partial charge on any atom is 0.335 e. The van der Waals surface area contributed by atoms with Gasteiger partial charge in [0.25, 0.3) is 0 Å². The molecule has 1 aromatic carbocycles. The number of carboxylic acids is 1. The van der Waals surface area contributed by atoms with Gasteiger partial charge in [0.2, 0.25) is 5.91 Å². The van der Waals surface area contributed by atoms with Crippen molar-refractivity contribution < 1.29 is 14.7 Å².